The van der Waals surface area contributed by atoms with E-state index in [1.807, 2.05) is 18.2 Å². The standard InChI is InChI=1S/C18H16FNOS2/c19-12-5-6-16-13(10-12)14(7-8-22-16)20-18(21)17-9-11-3-1-2-4-15(11)23-17/h1-6,10,14,17H,7-9H2,(H,20,21). The molecule has 0 saturated heterocycles. The fraction of sp³-hybridized carbons (Fsp3) is 0.278. The van der Waals surface area contributed by atoms with Crippen LogP contribution < -0.4 is 5.32 Å². The minimum absolute atomic E-state index is 0.0540. The van der Waals surface area contributed by atoms with Gasteiger partial charge in [-0.15, -0.1) is 23.5 Å². The van der Waals surface area contributed by atoms with Crippen LogP contribution in [0.2, 0.25) is 0 Å². The summed E-state index contributed by atoms with van der Waals surface area (Å²) < 4.78 is 13.6. The molecule has 2 aromatic rings. The van der Waals surface area contributed by atoms with Gasteiger partial charge in [-0.25, -0.2) is 4.39 Å². The van der Waals surface area contributed by atoms with E-state index in [4.69, 9.17) is 0 Å². The number of halogens is 1. The highest BCUT2D eigenvalue weighted by Gasteiger charge is 2.31. The van der Waals surface area contributed by atoms with Crippen molar-refractivity contribution in [1.29, 1.82) is 0 Å². The predicted molar refractivity (Wildman–Crippen MR) is 92.4 cm³/mol. The minimum Gasteiger partial charge on any atom is -0.348 e. The van der Waals surface area contributed by atoms with Gasteiger partial charge in [-0.3, -0.25) is 4.79 Å². The second-order valence-corrected chi connectivity index (χ2v) is 8.18. The number of nitrogens with one attached hydrogen (secondary N) is 1. The van der Waals surface area contributed by atoms with Crippen LogP contribution in [0.5, 0.6) is 0 Å². The smallest absolute Gasteiger partial charge is 0.234 e. The van der Waals surface area contributed by atoms with Gasteiger partial charge in [-0.2, -0.15) is 0 Å². The summed E-state index contributed by atoms with van der Waals surface area (Å²) >= 11 is 3.35. The van der Waals surface area contributed by atoms with E-state index in [0.717, 1.165) is 29.1 Å². The summed E-state index contributed by atoms with van der Waals surface area (Å²) in [5.74, 6) is 0.758. The molecular formula is C18H16FNOS2. The van der Waals surface area contributed by atoms with Gasteiger partial charge in [-0.1, -0.05) is 18.2 Å². The number of thioether (sulfide) groups is 2. The van der Waals surface area contributed by atoms with Gasteiger partial charge in [0.2, 0.25) is 5.91 Å². The van der Waals surface area contributed by atoms with E-state index in [2.05, 4.69) is 17.4 Å². The third-order valence-electron chi connectivity index (χ3n) is 4.27. The molecule has 2 atom stereocenters. The third kappa shape index (κ3) is 3.00. The summed E-state index contributed by atoms with van der Waals surface area (Å²) in [6.45, 7) is 0. The first-order valence-electron chi connectivity index (χ1n) is 7.68. The number of amides is 1. The summed E-state index contributed by atoms with van der Waals surface area (Å²) in [4.78, 5) is 14.9. The second-order valence-electron chi connectivity index (χ2n) is 5.80. The lowest BCUT2D eigenvalue weighted by molar-refractivity contribution is -0.121. The van der Waals surface area contributed by atoms with Crippen molar-refractivity contribution in [3.05, 3.63) is 59.4 Å². The minimum atomic E-state index is -0.242. The molecule has 0 radical (unpaired) electrons. The number of carbonyl (C=O) groups excluding carboxylic acids is 1. The lowest BCUT2D eigenvalue weighted by atomic mass is 10.0. The molecule has 0 bridgehead atoms. The Morgan fingerprint density at radius 3 is 2.91 bits per heavy atom. The van der Waals surface area contributed by atoms with Crippen molar-refractivity contribution in [2.75, 3.05) is 5.75 Å². The van der Waals surface area contributed by atoms with Gasteiger partial charge >= 0.3 is 0 Å². The third-order valence-corrected chi connectivity index (χ3v) is 6.71. The predicted octanol–water partition coefficient (Wildman–Crippen LogP) is 4.20. The Kier molecular flexibility index (Phi) is 4.07. The van der Waals surface area contributed by atoms with Crippen LogP contribution in [-0.2, 0) is 11.2 Å². The van der Waals surface area contributed by atoms with Gasteiger partial charge in [0.1, 0.15) is 5.82 Å². The maximum Gasteiger partial charge on any atom is 0.234 e. The summed E-state index contributed by atoms with van der Waals surface area (Å²) in [7, 11) is 0. The molecule has 0 aromatic heterocycles. The molecule has 1 amide bonds. The van der Waals surface area contributed by atoms with E-state index >= 15 is 0 Å². The van der Waals surface area contributed by atoms with Gasteiger partial charge in [-0.05, 0) is 48.2 Å². The van der Waals surface area contributed by atoms with Crippen molar-refractivity contribution >= 4 is 29.4 Å². The van der Waals surface area contributed by atoms with Crippen molar-refractivity contribution in [2.24, 2.45) is 0 Å². The number of carbonyl (C=O) groups is 1. The molecule has 0 saturated carbocycles. The van der Waals surface area contributed by atoms with E-state index in [0.29, 0.717) is 0 Å². The molecule has 118 valence electrons. The van der Waals surface area contributed by atoms with Crippen LogP contribution >= 0.6 is 23.5 Å². The summed E-state index contributed by atoms with van der Waals surface area (Å²) in [6.07, 6.45) is 1.61. The van der Waals surface area contributed by atoms with Gasteiger partial charge in [0.15, 0.2) is 0 Å². The van der Waals surface area contributed by atoms with E-state index in [1.165, 1.54) is 16.5 Å². The van der Waals surface area contributed by atoms with Crippen LogP contribution in [0.25, 0.3) is 0 Å². The van der Waals surface area contributed by atoms with Gasteiger partial charge in [0.05, 0.1) is 11.3 Å². The van der Waals surface area contributed by atoms with E-state index in [1.54, 1.807) is 29.6 Å². The lowest BCUT2D eigenvalue weighted by Crippen LogP contribution is -2.36. The van der Waals surface area contributed by atoms with Gasteiger partial charge in [0, 0.05) is 15.5 Å². The Balaban J connectivity index is 1.50. The van der Waals surface area contributed by atoms with Crippen LogP contribution in [0, 0.1) is 5.82 Å². The van der Waals surface area contributed by atoms with Crippen molar-refractivity contribution in [3.8, 4) is 0 Å². The molecule has 5 heteroatoms. The van der Waals surface area contributed by atoms with Gasteiger partial charge in [0.25, 0.3) is 0 Å². The molecule has 0 fully saturated rings. The number of hydrogen-bond acceptors (Lipinski definition) is 3. The van der Waals surface area contributed by atoms with Crippen LogP contribution in [0.4, 0.5) is 4.39 Å². The maximum absolute atomic E-state index is 13.6. The Hall–Kier alpha value is -1.46. The highest BCUT2D eigenvalue weighted by molar-refractivity contribution is 8.01. The largest absolute Gasteiger partial charge is 0.348 e. The van der Waals surface area contributed by atoms with Crippen LogP contribution in [0.1, 0.15) is 23.6 Å². The van der Waals surface area contributed by atoms with E-state index < -0.39 is 0 Å². The summed E-state index contributed by atoms with van der Waals surface area (Å²) in [6, 6.07) is 12.9. The maximum atomic E-state index is 13.6. The topological polar surface area (TPSA) is 29.1 Å². The molecule has 2 heterocycles. The van der Waals surface area contributed by atoms with E-state index in [-0.39, 0.29) is 23.0 Å². The number of benzene rings is 2. The second kappa shape index (κ2) is 6.21. The normalized spacial score (nSPS) is 22.3. The zero-order valence-electron chi connectivity index (χ0n) is 12.4. The molecule has 2 nitrogen and oxygen atoms in total. The van der Waals surface area contributed by atoms with Gasteiger partial charge < -0.3 is 5.32 Å². The average Bonchev–Trinajstić information content (AvgIpc) is 2.99. The molecule has 0 spiro atoms. The molecule has 1 N–H and O–H groups in total. The fourth-order valence-corrected chi connectivity index (χ4v) is 5.42. The number of rotatable bonds is 2. The summed E-state index contributed by atoms with van der Waals surface area (Å²) in [5.41, 5.74) is 2.15. The summed E-state index contributed by atoms with van der Waals surface area (Å²) in [5, 5.41) is 3.06. The molecule has 2 aliphatic rings. The number of hydrogen-bond donors (Lipinski definition) is 1. The van der Waals surface area contributed by atoms with Crippen molar-refractivity contribution < 1.29 is 9.18 Å². The first-order valence-corrected chi connectivity index (χ1v) is 9.54. The van der Waals surface area contributed by atoms with E-state index in [9.17, 15) is 9.18 Å². The first kappa shape index (κ1) is 15.1. The number of fused-ring (bicyclic) bond motifs is 2. The van der Waals surface area contributed by atoms with Crippen LogP contribution in [-0.4, -0.2) is 16.9 Å². The SMILES string of the molecule is O=C(NC1CCSc2ccc(F)cc21)C1Cc2ccccc2S1. The molecule has 2 aliphatic heterocycles. The van der Waals surface area contributed by atoms with Crippen molar-refractivity contribution in [2.45, 2.75) is 33.9 Å². The quantitative estimate of drug-likeness (QED) is 0.885. The molecular weight excluding hydrogens is 329 g/mol. The lowest BCUT2D eigenvalue weighted by Gasteiger charge is -2.27. The van der Waals surface area contributed by atoms with Crippen LogP contribution in [0.15, 0.2) is 52.3 Å². The van der Waals surface area contributed by atoms with Crippen LogP contribution in [0.3, 0.4) is 0 Å². The zero-order chi connectivity index (χ0) is 15.8. The fourth-order valence-electron chi connectivity index (χ4n) is 3.11. The molecule has 23 heavy (non-hydrogen) atoms. The average molecular weight is 345 g/mol. The molecule has 0 aliphatic carbocycles. The monoisotopic (exact) mass is 345 g/mol. The highest BCUT2D eigenvalue weighted by atomic mass is 32.2. The van der Waals surface area contributed by atoms with Crippen molar-refractivity contribution in [3.63, 3.8) is 0 Å². The zero-order valence-corrected chi connectivity index (χ0v) is 14.1. The highest BCUT2D eigenvalue weighted by Crippen LogP contribution is 2.39. The Morgan fingerprint density at radius 2 is 2.04 bits per heavy atom. The first-order chi connectivity index (χ1) is 11.2. The Labute approximate surface area is 143 Å². The van der Waals surface area contributed by atoms with Crippen molar-refractivity contribution in [1.82, 2.24) is 5.32 Å². The Morgan fingerprint density at radius 1 is 1.17 bits per heavy atom. The molecule has 2 aromatic carbocycles. The molecule has 4 rings (SSSR count). The Bertz CT molecular complexity index is 739. The molecule has 2 unspecified atom stereocenters.